The van der Waals surface area contributed by atoms with E-state index in [4.69, 9.17) is 11.6 Å². The van der Waals surface area contributed by atoms with Crippen LogP contribution in [-0.2, 0) is 4.79 Å². The molecular weight excluding hydrogens is 336 g/mol. The second kappa shape index (κ2) is 6.22. The van der Waals surface area contributed by atoms with E-state index in [1.807, 2.05) is 19.1 Å². The van der Waals surface area contributed by atoms with Gasteiger partial charge in [0.2, 0.25) is 5.91 Å². The van der Waals surface area contributed by atoms with Gasteiger partial charge in [-0.1, -0.05) is 29.8 Å². The number of benzene rings is 2. The molecule has 1 saturated heterocycles. The van der Waals surface area contributed by atoms with Gasteiger partial charge in [-0.3, -0.25) is 19.8 Å². The second-order valence-electron chi connectivity index (χ2n) is 5.18. The van der Waals surface area contributed by atoms with E-state index in [0.29, 0.717) is 16.3 Å². The van der Waals surface area contributed by atoms with Crippen molar-refractivity contribution >= 4 is 40.6 Å². The second-order valence-corrected chi connectivity index (χ2v) is 6.65. The first-order chi connectivity index (χ1) is 11.0. The van der Waals surface area contributed by atoms with Crippen LogP contribution in [0.4, 0.5) is 11.4 Å². The molecule has 1 amide bonds. The average Bonchev–Trinajstić information content (AvgIpc) is 2.91. The van der Waals surface area contributed by atoms with Gasteiger partial charge in [0.15, 0.2) is 0 Å². The first-order valence-corrected chi connectivity index (χ1v) is 8.35. The van der Waals surface area contributed by atoms with E-state index >= 15 is 0 Å². The van der Waals surface area contributed by atoms with Crippen molar-refractivity contribution in [3.05, 3.63) is 68.7 Å². The highest BCUT2D eigenvalue weighted by atomic mass is 35.5. The first kappa shape index (κ1) is 15.8. The first-order valence-electron chi connectivity index (χ1n) is 6.92. The average molecular weight is 349 g/mol. The van der Waals surface area contributed by atoms with Crippen molar-refractivity contribution < 1.29 is 9.72 Å². The van der Waals surface area contributed by atoms with E-state index in [1.54, 1.807) is 29.2 Å². The van der Waals surface area contributed by atoms with Crippen LogP contribution in [0.1, 0.15) is 16.5 Å². The van der Waals surface area contributed by atoms with Crippen LogP contribution in [-0.4, -0.2) is 16.6 Å². The third-order valence-corrected chi connectivity index (χ3v) is 5.30. The predicted octanol–water partition coefficient (Wildman–Crippen LogP) is 4.34. The number of carbonyl (C=O) groups excluding carboxylic acids is 1. The van der Waals surface area contributed by atoms with Crippen LogP contribution < -0.4 is 4.90 Å². The molecule has 1 unspecified atom stereocenters. The summed E-state index contributed by atoms with van der Waals surface area (Å²) < 4.78 is 0. The summed E-state index contributed by atoms with van der Waals surface area (Å²) in [6, 6.07) is 11.9. The van der Waals surface area contributed by atoms with E-state index < -0.39 is 10.3 Å². The fraction of sp³-hybridized carbons (Fsp3) is 0.188. The lowest BCUT2D eigenvalue weighted by Crippen LogP contribution is -2.28. The molecule has 0 spiro atoms. The zero-order valence-corrected chi connectivity index (χ0v) is 13.8. The Morgan fingerprint density at radius 1 is 1.30 bits per heavy atom. The number of hydrogen-bond acceptors (Lipinski definition) is 4. The van der Waals surface area contributed by atoms with Gasteiger partial charge in [-0.25, -0.2) is 0 Å². The lowest BCUT2D eigenvalue weighted by Gasteiger charge is -2.24. The van der Waals surface area contributed by atoms with Crippen molar-refractivity contribution in [1.29, 1.82) is 0 Å². The van der Waals surface area contributed by atoms with Crippen LogP contribution in [0.15, 0.2) is 42.5 Å². The SMILES string of the molecule is Cc1ccc(N2C(=O)CSC2c2ccccc2[N+](=O)[O-])cc1Cl. The molecule has 3 rings (SSSR count). The molecular formula is C16H13ClN2O3S. The molecule has 1 aliphatic heterocycles. The number of nitrogens with zero attached hydrogens (tertiary/aromatic N) is 2. The van der Waals surface area contributed by atoms with Crippen LogP contribution in [0.25, 0.3) is 0 Å². The molecule has 0 radical (unpaired) electrons. The van der Waals surface area contributed by atoms with Crippen LogP contribution >= 0.6 is 23.4 Å². The zero-order chi connectivity index (χ0) is 16.6. The number of para-hydroxylation sites is 1. The Labute approximate surface area is 142 Å². The zero-order valence-electron chi connectivity index (χ0n) is 12.2. The topological polar surface area (TPSA) is 63.5 Å². The molecule has 1 fully saturated rings. The maximum Gasteiger partial charge on any atom is 0.275 e. The molecule has 2 aromatic carbocycles. The van der Waals surface area contributed by atoms with Crippen LogP contribution in [0.3, 0.4) is 0 Å². The Morgan fingerprint density at radius 2 is 2.04 bits per heavy atom. The van der Waals surface area contributed by atoms with Crippen molar-refractivity contribution in [2.75, 3.05) is 10.7 Å². The van der Waals surface area contributed by atoms with E-state index in [0.717, 1.165) is 5.56 Å². The third-order valence-electron chi connectivity index (χ3n) is 3.70. The molecule has 23 heavy (non-hydrogen) atoms. The summed E-state index contributed by atoms with van der Waals surface area (Å²) in [7, 11) is 0. The largest absolute Gasteiger partial charge is 0.295 e. The molecule has 7 heteroatoms. The van der Waals surface area contributed by atoms with Crippen molar-refractivity contribution in [1.82, 2.24) is 0 Å². The standard InChI is InChI=1S/C16H13ClN2O3S/c1-10-6-7-11(8-13(10)17)18-15(20)9-23-16(18)12-4-2-3-5-14(12)19(21)22/h2-8,16H,9H2,1H3. The number of nitro groups is 1. The summed E-state index contributed by atoms with van der Waals surface area (Å²) >= 11 is 7.54. The highest BCUT2D eigenvalue weighted by molar-refractivity contribution is 8.00. The van der Waals surface area contributed by atoms with Gasteiger partial charge < -0.3 is 0 Å². The minimum absolute atomic E-state index is 0.0166. The predicted molar refractivity (Wildman–Crippen MR) is 92.0 cm³/mol. The van der Waals surface area contributed by atoms with E-state index in [-0.39, 0.29) is 17.3 Å². The molecule has 1 aliphatic rings. The number of thioether (sulfide) groups is 1. The fourth-order valence-electron chi connectivity index (χ4n) is 2.53. The number of carbonyl (C=O) groups is 1. The minimum Gasteiger partial charge on any atom is -0.295 e. The molecule has 0 saturated carbocycles. The lowest BCUT2D eigenvalue weighted by molar-refractivity contribution is -0.385. The van der Waals surface area contributed by atoms with Crippen molar-refractivity contribution in [3.8, 4) is 0 Å². The molecule has 5 nitrogen and oxygen atoms in total. The summed E-state index contributed by atoms with van der Waals surface area (Å²) in [5.74, 6) is 0.195. The Hall–Kier alpha value is -2.05. The van der Waals surface area contributed by atoms with Crippen molar-refractivity contribution in [2.45, 2.75) is 12.3 Å². The molecule has 2 aromatic rings. The minimum atomic E-state index is -0.428. The third kappa shape index (κ3) is 2.92. The van der Waals surface area contributed by atoms with Crippen LogP contribution in [0, 0.1) is 17.0 Å². The van der Waals surface area contributed by atoms with Crippen molar-refractivity contribution in [3.63, 3.8) is 0 Å². The van der Waals surface area contributed by atoms with Gasteiger partial charge >= 0.3 is 0 Å². The molecule has 0 bridgehead atoms. The van der Waals surface area contributed by atoms with Gasteiger partial charge in [0.05, 0.1) is 16.2 Å². The van der Waals surface area contributed by atoms with E-state index in [9.17, 15) is 14.9 Å². The molecule has 118 valence electrons. The summed E-state index contributed by atoms with van der Waals surface area (Å²) in [5, 5.41) is 11.4. The number of anilines is 1. The van der Waals surface area contributed by atoms with Gasteiger partial charge in [0.25, 0.3) is 5.69 Å². The lowest BCUT2D eigenvalue weighted by atomic mass is 10.1. The van der Waals surface area contributed by atoms with Crippen molar-refractivity contribution in [2.24, 2.45) is 0 Å². The number of amides is 1. The summed E-state index contributed by atoms with van der Waals surface area (Å²) in [6.45, 7) is 1.88. The Kier molecular flexibility index (Phi) is 4.28. The Bertz CT molecular complexity index is 797. The van der Waals surface area contributed by atoms with Gasteiger partial charge in [0, 0.05) is 16.8 Å². The Morgan fingerprint density at radius 3 is 2.74 bits per heavy atom. The number of rotatable bonds is 3. The van der Waals surface area contributed by atoms with E-state index in [2.05, 4.69) is 0 Å². The van der Waals surface area contributed by atoms with Gasteiger partial charge in [-0.15, -0.1) is 11.8 Å². The maximum absolute atomic E-state index is 12.3. The summed E-state index contributed by atoms with van der Waals surface area (Å²) in [4.78, 5) is 24.8. The molecule has 0 aromatic heterocycles. The number of halogens is 1. The fourth-order valence-corrected chi connectivity index (χ4v) is 3.91. The maximum atomic E-state index is 12.3. The summed E-state index contributed by atoms with van der Waals surface area (Å²) in [5.41, 5.74) is 2.10. The van der Waals surface area contributed by atoms with Crippen LogP contribution in [0.2, 0.25) is 5.02 Å². The highest BCUT2D eigenvalue weighted by Crippen LogP contribution is 2.45. The monoisotopic (exact) mass is 348 g/mol. The van der Waals surface area contributed by atoms with Gasteiger partial charge in [-0.2, -0.15) is 0 Å². The Balaban J connectivity index is 2.07. The molecule has 1 atom stereocenters. The van der Waals surface area contributed by atoms with Crippen LogP contribution in [0.5, 0.6) is 0 Å². The van der Waals surface area contributed by atoms with Gasteiger partial charge in [-0.05, 0) is 30.7 Å². The quantitative estimate of drug-likeness (QED) is 0.611. The molecule has 1 heterocycles. The molecule has 0 aliphatic carbocycles. The van der Waals surface area contributed by atoms with E-state index in [1.165, 1.54) is 17.8 Å². The number of nitro benzene ring substituents is 1. The highest BCUT2D eigenvalue weighted by Gasteiger charge is 2.37. The smallest absolute Gasteiger partial charge is 0.275 e. The van der Waals surface area contributed by atoms with Gasteiger partial charge in [0.1, 0.15) is 5.37 Å². The number of aryl methyl sites for hydroxylation is 1. The number of hydrogen-bond donors (Lipinski definition) is 0. The molecule has 0 N–H and O–H groups in total. The normalized spacial score (nSPS) is 17.6. The summed E-state index contributed by atoms with van der Waals surface area (Å²) in [6.07, 6.45) is 0.